The van der Waals surface area contributed by atoms with Gasteiger partial charge in [0.1, 0.15) is 16.0 Å². The molecular weight excluding hydrogens is 322 g/mol. The normalized spacial score (nSPS) is 20.8. The minimum Gasteiger partial charge on any atom is -0.510 e. The predicted molar refractivity (Wildman–Crippen MR) is 91.7 cm³/mol. The number of aliphatic hydroxyl groups is 1. The van der Waals surface area contributed by atoms with Crippen molar-refractivity contribution in [3.63, 3.8) is 0 Å². The van der Waals surface area contributed by atoms with E-state index in [1.54, 1.807) is 13.8 Å². The fourth-order valence-corrected chi connectivity index (χ4v) is 4.01. The largest absolute Gasteiger partial charge is 0.510 e. The Hall–Kier alpha value is -1.08. The van der Waals surface area contributed by atoms with Crippen LogP contribution < -0.4 is 0 Å². The van der Waals surface area contributed by atoms with Crippen molar-refractivity contribution in [2.75, 3.05) is 20.2 Å². The standard InChI is InChI=1S/C15H23NO4S2/c1-6-16(7-2)14(21)22-12-9(17)8-15(3,4)10(11(12)18)13(19)20-5/h10,18H,6-8H2,1-5H3. The lowest BCUT2D eigenvalue weighted by Crippen LogP contribution is -2.40. The number of carbonyl (C=O) groups excluding carboxylic acids is 2. The summed E-state index contributed by atoms with van der Waals surface area (Å²) in [7, 11) is 1.27. The number of nitrogens with zero attached hydrogens (tertiary/aromatic N) is 1. The van der Waals surface area contributed by atoms with Gasteiger partial charge in [0.25, 0.3) is 0 Å². The highest BCUT2D eigenvalue weighted by atomic mass is 32.2. The maximum Gasteiger partial charge on any atom is 0.316 e. The summed E-state index contributed by atoms with van der Waals surface area (Å²) in [5.41, 5.74) is -0.685. The van der Waals surface area contributed by atoms with Gasteiger partial charge in [0.2, 0.25) is 0 Å². The summed E-state index contributed by atoms with van der Waals surface area (Å²) in [6.07, 6.45) is 0.167. The third kappa shape index (κ3) is 3.81. The first-order chi connectivity index (χ1) is 10.2. The van der Waals surface area contributed by atoms with Crippen LogP contribution in [0.25, 0.3) is 0 Å². The van der Waals surface area contributed by atoms with Crippen LogP contribution in [0.1, 0.15) is 34.1 Å². The number of ketones is 1. The Morgan fingerprint density at radius 2 is 2.00 bits per heavy atom. The van der Waals surface area contributed by atoms with Gasteiger partial charge < -0.3 is 14.7 Å². The van der Waals surface area contributed by atoms with Crippen molar-refractivity contribution in [1.82, 2.24) is 4.90 Å². The van der Waals surface area contributed by atoms with Crippen molar-refractivity contribution in [2.45, 2.75) is 34.1 Å². The SMILES string of the molecule is CCN(CC)C(=S)SC1=C(O)C(C(=O)OC)C(C)(C)CC1=O. The molecule has 0 radical (unpaired) electrons. The van der Waals surface area contributed by atoms with E-state index in [9.17, 15) is 14.7 Å². The molecule has 0 saturated heterocycles. The fourth-order valence-electron chi connectivity index (χ4n) is 2.53. The number of methoxy groups -OCH3 is 1. The molecule has 0 saturated carbocycles. The zero-order chi connectivity index (χ0) is 17.1. The first-order valence-corrected chi connectivity index (χ1v) is 8.42. The van der Waals surface area contributed by atoms with Crippen molar-refractivity contribution in [1.29, 1.82) is 0 Å². The van der Waals surface area contributed by atoms with E-state index in [1.807, 2.05) is 18.7 Å². The van der Waals surface area contributed by atoms with Crippen molar-refractivity contribution in [2.24, 2.45) is 11.3 Å². The zero-order valence-electron chi connectivity index (χ0n) is 13.6. The van der Waals surface area contributed by atoms with Gasteiger partial charge in [0.15, 0.2) is 5.78 Å². The number of thioether (sulfide) groups is 1. The number of allylic oxidation sites excluding steroid dienone is 1. The summed E-state index contributed by atoms with van der Waals surface area (Å²) < 4.78 is 5.29. The fraction of sp³-hybridized carbons (Fsp3) is 0.667. The molecule has 0 amide bonds. The van der Waals surface area contributed by atoms with Gasteiger partial charge in [-0.3, -0.25) is 9.59 Å². The number of aliphatic hydroxyl groups excluding tert-OH is 1. The van der Waals surface area contributed by atoms with Gasteiger partial charge in [-0.1, -0.05) is 37.8 Å². The smallest absolute Gasteiger partial charge is 0.316 e. The van der Waals surface area contributed by atoms with Gasteiger partial charge in [-0.25, -0.2) is 0 Å². The Morgan fingerprint density at radius 1 is 1.45 bits per heavy atom. The van der Waals surface area contributed by atoms with E-state index < -0.39 is 17.3 Å². The first kappa shape index (κ1) is 19.0. The second-order valence-electron chi connectivity index (χ2n) is 5.80. The highest BCUT2D eigenvalue weighted by molar-refractivity contribution is 8.26. The van der Waals surface area contributed by atoms with Gasteiger partial charge in [-0.2, -0.15) is 0 Å². The summed E-state index contributed by atoms with van der Waals surface area (Å²) in [4.78, 5) is 26.4. The summed E-state index contributed by atoms with van der Waals surface area (Å²) in [5.74, 6) is -1.81. The van der Waals surface area contributed by atoms with Crippen LogP contribution in [-0.4, -0.2) is 46.3 Å². The van der Waals surface area contributed by atoms with Gasteiger partial charge >= 0.3 is 5.97 Å². The van der Waals surface area contributed by atoms with E-state index in [2.05, 4.69) is 0 Å². The van der Waals surface area contributed by atoms with Crippen LogP contribution in [-0.2, 0) is 14.3 Å². The van der Waals surface area contributed by atoms with E-state index >= 15 is 0 Å². The highest BCUT2D eigenvalue weighted by Gasteiger charge is 2.47. The van der Waals surface area contributed by atoms with Crippen molar-refractivity contribution < 1.29 is 19.4 Å². The van der Waals surface area contributed by atoms with Crippen LogP contribution in [0, 0.1) is 11.3 Å². The molecule has 0 bridgehead atoms. The number of rotatable bonds is 4. The Bertz CT molecular complexity index is 510. The van der Waals surface area contributed by atoms with Gasteiger partial charge in [0, 0.05) is 19.5 Å². The molecule has 0 aromatic heterocycles. The lowest BCUT2D eigenvalue weighted by molar-refractivity contribution is -0.150. The van der Waals surface area contributed by atoms with E-state index in [0.29, 0.717) is 4.32 Å². The molecular formula is C15H23NO4S2. The number of Topliss-reactive ketones (excluding diaryl/α,β-unsaturated/α-hetero) is 1. The summed E-state index contributed by atoms with van der Waals surface area (Å²) in [5, 5.41) is 10.5. The average Bonchev–Trinajstić information content (AvgIpc) is 2.43. The van der Waals surface area contributed by atoms with Crippen LogP contribution in [0.3, 0.4) is 0 Å². The van der Waals surface area contributed by atoms with E-state index in [4.69, 9.17) is 17.0 Å². The molecule has 0 aromatic rings. The number of thiocarbonyl (C=S) groups is 1. The molecule has 124 valence electrons. The maximum absolute atomic E-state index is 12.3. The topological polar surface area (TPSA) is 66.8 Å². The molecule has 0 spiro atoms. The Labute approximate surface area is 141 Å². The first-order valence-electron chi connectivity index (χ1n) is 7.20. The Kier molecular flexibility index (Phi) is 6.43. The molecule has 1 aliphatic rings. The lowest BCUT2D eigenvalue weighted by atomic mass is 9.70. The van der Waals surface area contributed by atoms with Crippen LogP contribution in [0.5, 0.6) is 0 Å². The highest BCUT2D eigenvalue weighted by Crippen LogP contribution is 2.45. The molecule has 0 aliphatic heterocycles. The van der Waals surface area contributed by atoms with Crippen LogP contribution in [0.15, 0.2) is 10.7 Å². The minimum absolute atomic E-state index is 0.159. The molecule has 22 heavy (non-hydrogen) atoms. The van der Waals surface area contributed by atoms with Crippen LogP contribution >= 0.6 is 24.0 Å². The third-order valence-electron chi connectivity index (χ3n) is 3.80. The summed E-state index contributed by atoms with van der Waals surface area (Å²) in [6.45, 7) is 8.91. The van der Waals surface area contributed by atoms with Gasteiger partial charge in [-0.05, 0) is 19.3 Å². The quantitative estimate of drug-likeness (QED) is 0.621. The number of esters is 1. The van der Waals surface area contributed by atoms with Gasteiger partial charge in [0.05, 0.1) is 12.0 Å². The zero-order valence-corrected chi connectivity index (χ0v) is 15.3. The second-order valence-corrected chi connectivity index (χ2v) is 7.44. The maximum atomic E-state index is 12.3. The predicted octanol–water partition coefficient (Wildman–Crippen LogP) is 2.90. The summed E-state index contributed by atoms with van der Waals surface area (Å²) >= 11 is 6.38. The molecule has 0 heterocycles. The van der Waals surface area contributed by atoms with Crippen LogP contribution in [0.2, 0.25) is 0 Å². The summed E-state index contributed by atoms with van der Waals surface area (Å²) in [6, 6.07) is 0. The molecule has 1 atom stereocenters. The Morgan fingerprint density at radius 3 is 2.45 bits per heavy atom. The molecule has 1 rings (SSSR count). The number of hydrogen-bond donors (Lipinski definition) is 1. The van der Waals surface area contributed by atoms with E-state index in [-0.39, 0.29) is 22.9 Å². The Balaban J connectivity index is 3.18. The molecule has 7 heteroatoms. The average molecular weight is 345 g/mol. The number of hydrogen-bond acceptors (Lipinski definition) is 6. The third-order valence-corrected chi connectivity index (χ3v) is 5.39. The van der Waals surface area contributed by atoms with Gasteiger partial charge in [-0.15, -0.1) is 0 Å². The molecule has 1 N–H and O–H groups in total. The number of carbonyl (C=O) groups is 2. The number of ether oxygens (including phenoxy) is 1. The van der Waals surface area contributed by atoms with E-state index in [1.165, 1.54) is 7.11 Å². The molecule has 5 nitrogen and oxygen atoms in total. The van der Waals surface area contributed by atoms with E-state index in [0.717, 1.165) is 24.9 Å². The van der Waals surface area contributed by atoms with Crippen molar-refractivity contribution >= 4 is 40.1 Å². The molecule has 1 unspecified atom stereocenters. The monoisotopic (exact) mass is 345 g/mol. The molecule has 1 aliphatic carbocycles. The molecule has 0 fully saturated rings. The van der Waals surface area contributed by atoms with Crippen LogP contribution in [0.4, 0.5) is 0 Å². The molecule has 0 aromatic carbocycles. The van der Waals surface area contributed by atoms with Crippen molar-refractivity contribution in [3.8, 4) is 0 Å². The minimum atomic E-state index is -0.850. The van der Waals surface area contributed by atoms with Crippen molar-refractivity contribution in [3.05, 3.63) is 10.7 Å². The lowest BCUT2D eigenvalue weighted by Gasteiger charge is -2.36. The second kappa shape index (κ2) is 7.46.